The number of anilines is 1. The molecule has 1 aromatic rings. The number of urea groups is 1. The van der Waals surface area contributed by atoms with Crippen LogP contribution in [0.15, 0.2) is 29.2 Å². The van der Waals surface area contributed by atoms with Gasteiger partial charge in [0, 0.05) is 12.8 Å². The standard InChI is InChI=1S/C14H22N2O3S/c1-11(2)7-6-10-15-14(17)16-12-8-4-5-9-13(12)20(3,18)19/h4-5,8-9,11H,6-7,10H2,1-3H3,(H2,15,16,17). The van der Waals surface area contributed by atoms with Gasteiger partial charge in [-0.15, -0.1) is 0 Å². The lowest BCUT2D eigenvalue weighted by atomic mass is 10.1. The van der Waals surface area contributed by atoms with Crippen molar-refractivity contribution in [1.29, 1.82) is 0 Å². The van der Waals surface area contributed by atoms with Gasteiger partial charge < -0.3 is 10.6 Å². The Morgan fingerprint density at radius 2 is 1.90 bits per heavy atom. The molecule has 6 heteroatoms. The Morgan fingerprint density at radius 3 is 2.50 bits per heavy atom. The molecular formula is C14H22N2O3S. The molecule has 1 aromatic carbocycles. The van der Waals surface area contributed by atoms with Crippen molar-refractivity contribution in [2.45, 2.75) is 31.6 Å². The van der Waals surface area contributed by atoms with E-state index in [9.17, 15) is 13.2 Å². The third-order valence-electron chi connectivity index (χ3n) is 2.78. The summed E-state index contributed by atoms with van der Waals surface area (Å²) in [5.74, 6) is 0.603. The molecule has 0 aliphatic heterocycles. The molecule has 0 saturated heterocycles. The topological polar surface area (TPSA) is 75.3 Å². The smallest absolute Gasteiger partial charge is 0.319 e. The van der Waals surface area contributed by atoms with Crippen LogP contribution in [0.5, 0.6) is 0 Å². The Hall–Kier alpha value is -1.56. The van der Waals surface area contributed by atoms with Gasteiger partial charge in [0.2, 0.25) is 0 Å². The van der Waals surface area contributed by atoms with Gasteiger partial charge in [0.25, 0.3) is 0 Å². The Labute approximate surface area is 120 Å². The molecule has 0 heterocycles. The first-order chi connectivity index (χ1) is 9.30. The summed E-state index contributed by atoms with van der Waals surface area (Å²) in [5.41, 5.74) is 0.302. The first kappa shape index (κ1) is 16.5. The average Bonchev–Trinajstić information content (AvgIpc) is 2.34. The minimum Gasteiger partial charge on any atom is -0.338 e. The lowest BCUT2D eigenvalue weighted by Crippen LogP contribution is -2.30. The SMILES string of the molecule is CC(C)CCCNC(=O)Nc1ccccc1S(C)(=O)=O. The normalized spacial score (nSPS) is 11.4. The molecular weight excluding hydrogens is 276 g/mol. The number of carbonyl (C=O) groups is 1. The van der Waals surface area contributed by atoms with Crippen molar-refractivity contribution in [3.05, 3.63) is 24.3 Å². The van der Waals surface area contributed by atoms with Gasteiger partial charge in [-0.2, -0.15) is 0 Å². The van der Waals surface area contributed by atoms with Gasteiger partial charge >= 0.3 is 6.03 Å². The maximum absolute atomic E-state index is 11.7. The summed E-state index contributed by atoms with van der Waals surface area (Å²) < 4.78 is 23.2. The van der Waals surface area contributed by atoms with E-state index in [1.165, 1.54) is 6.07 Å². The van der Waals surface area contributed by atoms with Crippen LogP contribution in [0.4, 0.5) is 10.5 Å². The van der Waals surface area contributed by atoms with Crippen molar-refractivity contribution in [2.75, 3.05) is 18.1 Å². The van der Waals surface area contributed by atoms with Gasteiger partial charge in [-0.1, -0.05) is 26.0 Å². The number of hydrogen-bond acceptors (Lipinski definition) is 3. The molecule has 0 aliphatic rings. The van der Waals surface area contributed by atoms with E-state index in [-0.39, 0.29) is 10.9 Å². The van der Waals surface area contributed by atoms with Crippen LogP contribution in [-0.4, -0.2) is 27.2 Å². The van der Waals surface area contributed by atoms with E-state index in [0.717, 1.165) is 19.1 Å². The summed E-state index contributed by atoms with van der Waals surface area (Å²) in [6.07, 6.45) is 3.06. The van der Waals surface area contributed by atoms with E-state index in [4.69, 9.17) is 0 Å². The fourth-order valence-electron chi connectivity index (χ4n) is 1.77. The minimum atomic E-state index is -3.36. The first-order valence-corrected chi connectivity index (χ1v) is 8.54. The van der Waals surface area contributed by atoms with Crippen LogP contribution in [-0.2, 0) is 9.84 Å². The van der Waals surface area contributed by atoms with Crippen LogP contribution in [0.2, 0.25) is 0 Å². The predicted octanol–water partition coefficient (Wildman–Crippen LogP) is 2.65. The third kappa shape index (κ3) is 5.61. The summed E-state index contributed by atoms with van der Waals surface area (Å²) in [7, 11) is -3.36. The molecule has 2 N–H and O–H groups in total. The van der Waals surface area contributed by atoms with Gasteiger partial charge in [0.05, 0.1) is 10.6 Å². The highest BCUT2D eigenvalue weighted by Crippen LogP contribution is 2.20. The largest absolute Gasteiger partial charge is 0.338 e. The van der Waals surface area contributed by atoms with Crippen molar-refractivity contribution in [1.82, 2.24) is 5.32 Å². The second kappa shape index (κ2) is 7.28. The molecule has 2 amide bonds. The van der Waals surface area contributed by atoms with E-state index < -0.39 is 9.84 Å². The lowest BCUT2D eigenvalue weighted by Gasteiger charge is -2.11. The number of sulfone groups is 1. The average molecular weight is 298 g/mol. The number of rotatable bonds is 6. The molecule has 5 nitrogen and oxygen atoms in total. The van der Waals surface area contributed by atoms with E-state index >= 15 is 0 Å². The number of amides is 2. The van der Waals surface area contributed by atoms with Crippen LogP contribution >= 0.6 is 0 Å². The second-order valence-corrected chi connectivity index (χ2v) is 7.17. The summed E-state index contributed by atoms with van der Waals surface area (Å²) >= 11 is 0. The molecule has 0 aromatic heterocycles. The van der Waals surface area contributed by atoms with Gasteiger partial charge in [-0.3, -0.25) is 0 Å². The highest BCUT2D eigenvalue weighted by molar-refractivity contribution is 7.90. The zero-order valence-corrected chi connectivity index (χ0v) is 13.0. The van der Waals surface area contributed by atoms with Gasteiger partial charge in [0.1, 0.15) is 0 Å². The van der Waals surface area contributed by atoms with Crippen LogP contribution < -0.4 is 10.6 Å². The summed E-state index contributed by atoms with van der Waals surface area (Å²) in [6, 6.07) is 5.98. The summed E-state index contributed by atoms with van der Waals surface area (Å²) in [4.78, 5) is 11.8. The second-order valence-electron chi connectivity index (χ2n) is 5.19. The molecule has 0 aliphatic carbocycles. The molecule has 0 atom stereocenters. The van der Waals surface area contributed by atoms with Crippen molar-refractivity contribution in [2.24, 2.45) is 5.92 Å². The minimum absolute atomic E-state index is 0.123. The first-order valence-electron chi connectivity index (χ1n) is 6.64. The van der Waals surface area contributed by atoms with Crippen LogP contribution in [0, 0.1) is 5.92 Å². The predicted molar refractivity (Wildman–Crippen MR) is 80.6 cm³/mol. The van der Waals surface area contributed by atoms with Crippen LogP contribution in [0.3, 0.4) is 0 Å². The van der Waals surface area contributed by atoms with E-state index in [1.54, 1.807) is 18.2 Å². The Kier molecular flexibility index (Phi) is 6.01. The maximum Gasteiger partial charge on any atom is 0.319 e. The highest BCUT2D eigenvalue weighted by Gasteiger charge is 2.14. The van der Waals surface area contributed by atoms with E-state index in [2.05, 4.69) is 24.5 Å². The van der Waals surface area contributed by atoms with Crippen molar-refractivity contribution >= 4 is 21.6 Å². The van der Waals surface area contributed by atoms with Crippen LogP contribution in [0.1, 0.15) is 26.7 Å². The lowest BCUT2D eigenvalue weighted by molar-refractivity contribution is 0.251. The van der Waals surface area contributed by atoms with Crippen molar-refractivity contribution < 1.29 is 13.2 Å². The molecule has 0 saturated carbocycles. The Bertz CT molecular complexity index is 553. The van der Waals surface area contributed by atoms with Crippen molar-refractivity contribution in [3.8, 4) is 0 Å². The van der Waals surface area contributed by atoms with E-state index in [1.807, 2.05) is 0 Å². The Morgan fingerprint density at radius 1 is 1.25 bits per heavy atom. The molecule has 0 unspecified atom stereocenters. The van der Waals surface area contributed by atoms with E-state index in [0.29, 0.717) is 18.2 Å². The molecule has 0 bridgehead atoms. The highest BCUT2D eigenvalue weighted by atomic mass is 32.2. The molecule has 0 fully saturated rings. The molecule has 0 radical (unpaired) electrons. The summed E-state index contributed by atoms with van der Waals surface area (Å²) in [5, 5.41) is 5.30. The zero-order chi connectivity index (χ0) is 15.2. The fourth-order valence-corrected chi connectivity index (χ4v) is 2.62. The van der Waals surface area contributed by atoms with Gasteiger partial charge in [-0.25, -0.2) is 13.2 Å². The number of carbonyl (C=O) groups excluding carboxylic acids is 1. The molecule has 0 spiro atoms. The Balaban J connectivity index is 2.59. The molecule has 20 heavy (non-hydrogen) atoms. The summed E-state index contributed by atoms with van der Waals surface area (Å²) in [6.45, 7) is 4.83. The van der Waals surface area contributed by atoms with Gasteiger partial charge in [0.15, 0.2) is 9.84 Å². The molecule has 112 valence electrons. The quantitative estimate of drug-likeness (QED) is 0.793. The maximum atomic E-state index is 11.7. The number of benzene rings is 1. The third-order valence-corrected chi connectivity index (χ3v) is 3.93. The van der Waals surface area contributed by atoms with Gasteiger partial charge in [-0.05, 0) is 30.9 Å². The van der Waals surface area contributed by atoms with Crippen molar-refractivity contribution in [3.63, 3.8) is 0 Å². The molecule has 1 rings (SSSR count). The fraction of sp³-hybridized carbons (Fsp3) is 0.500. The number of hydrogen-bond donors (Lipinski definition) is 2. The number of nitrogens with one attached hydrogen (secondary N) is 2. The number of para-hydroxylation sites is 1. The monoisotopic (exact) mass is 298 g/mol. The zero-order valence-electron chi connectivity index (χ0n) is 12.1. The van der Waals surface area contributed by atoms with Crippen LogP contribution in [0.25, 0.3) is 0 Å².